The van der Waals surface area contributed by atoms with Crippen molar-refractivity contribution in [3.63, 3.8) is 0 Å². The summed E-state index contributed by atoms with van der Waals surface area (Å²) in [5.41, 5.74) is 1.71. The van der Waals surface area contributed by atoms with Crippen molar-refractivity contribution < 1.29 is 27.5 Å². The Balaban J connectivity index is 1.82. The number of carbonyl (C=O) groups excluding carboxylic acids is 2. The van der Waals surface area contributed by atoms with Crippen molar-refractivity contribution in [3.05, 3.63) is 119 Å². The Morgan fingerprint density at radius 2 is 1.49 bits per heavy atom. The normalized spacial score (nSPS) is 11.9. The number of benzene rings is 4. The summed E-state index contributed by atoms with van der Waals surface area (Å²) >= 11 is 6.44. The van der Waals surface area contributed by atoms with Gasteiger partial charge < -0.3 is 19.7 Å². The van der Waals surface area contributed by atoms with Gasteiger partial charge in [0.1, 0.15) is 24.1 Å². The summed E-state index contributed by atoms with van der Waals surface area (Å²) in [5.74, 6) is 0.178. The van der Waals surface area contributed by atoms with Gasteiger partial charge in [0.15, 0.2) is 0 Å². The molecule has 0 spiro atoms. The maximum atomic E-state index is 14.6. The van der Waals surface area contributed by atoms with Crippen LogP contribution in [0.1, 0.15) is 25.0 Å². The Kier molecular flexibility index (Phi) is 12.3. The van der Waals surface area contributed by atoms with Gasteiger partial charge in [-0.1, -0.05) is 86.1 Å². The molecule has 1 unspecified atom stereocenters. The van der Waals surface area contributed by atoms with Crippen LogP contribution >= 0.6 is 11.6 Å². The van der Waals surface area contributed by atoms with E-state index in [1.807, 2.05) is 50.2 Å². The standard InChI is InChI=1S/C36H40ClN3O6S/c1-26(2)23-38-36(42)33(21-27-12-7-5-8-13-27)39(24-28-14-11-15-30(20-28)45-3)35(41)25-40(29-18-19-34(46-4)32(37)22-29)47(43,44)31-16-9-6-10-17-31/h5-20,22,26,33H,21,23-25H2,1-4H3,(H,38,42). The number of ether oxygens (including phenoxy) is 2. The lowest BCUT2D eigenvalue weighted by molar-refractivity contribution is -0.140. The predicted molar refractivity (Wildman–Crippen MR) is 184 cm³/mol. The van der Waals surface area contributed by atoms with Gasteiger partial charge in [0.25, 0.3) is 10.0 Å². The first-order chi connectivity index (χ1) is 22.5. The number of hydrogen-bond acceptors (Lipinski definition) is 6. The molecule has 0 saturated heterocycles. The van der Waals surface area contributed by atoms with E-state index in [9.17, 15) is 18.0 Å². The minimum Gasteiger partial charge on any atom is -0.497 e. The fourth-order valence-corrected chi connectivity index (χ4v) is 6.68. The van der Waals surface area contributed by atoms with Crippen molar-refractivity contribution >= 4 is 39.1 Å². The number of anilines is 1. The molecule has 1 atom stereocenters. The topological polar surface area (TPSA) is 105 Å². The van der Waals surface area contributed by atoms with E-state index in [2.05, 4.69) is 5.32 Å². The van der Waals surface area contributed by atoms with Crippen molar-refractivity contribution in [2.45, 2.75) is 37.8 Å². The fourth-order valence-electron chi connectivity index (χ4n) is 5.00. The zero-order valence-corrected chi connectivity index (χ0v) is 28.5. The van der Waals surface area contributed by atoms with Crippen molar-refractivity contribution in [3.8, 4) is 11.5 Å². The van der Waals surface area contributed by atoms with E-state index in [1.54, 1.807) is 49.6 Å². The number of halogens is 1. The molecule has 0 aliphatic carbocycles. The molecule has 11 heteroatoms. The van der Waals surface area contributed by atoms with Crippen LogP contribution in [0.2, 0.25) is 5.02 Å². The van der Waals surface area contributed by atoms with Crippen LogP contribution in [0.15, 0.2) is 108 Å². The molecule has 4 aromatic rings. The summed E-state index contributed by atoms with van der Waals surface area (Å²) in [6.07, 6.45) is 0.209. The van der Waals surface area contributed by atoms with Gasteiger partial charge in [0.2, 0.25) is 11.8 Å². The third-order valence-corrected chi connectivity index (χ3v) is 9.56. The van der Waals surface area contributed by atoms with Gasteiger partial charge in [0, 0.05) is 19.5 Å². The Morgan fingerprint density at radius 1 is 0.830 bits per heavy atom. The largest absolute Gasteiger partial charge is 0.497 e. The number of sulfonamides is 1. The SMILES string of the molecule is COc1cccc(CN(C(=O)CN(c2ccc(OC)c(Cl)c2)S(=O)(=O)c2ccccc2)C(Cc2ccccc2)C(=O)NCC(C)C)c1. The Bertz CT molecular complexity index is 1750. The summed E-state index contributed by atoms with van der Waals surface area (Å²) in [6.45, 7) is 3.79. The molecule has 0 heterocycles. The lowest BCUT2D eigenvalue weighted by Gasteiger charge is -2.34. The number of amides is 2. The molecule has 2 amide bonds. The van der Waals surface area contributed by atoms with E-state index in [0.717, 1.165) is 9.87 Å². The molecule has 9 nitrogen and oxygen atoms in total. The number of nitrogens with one attached hydrogen (secondary N) is 1. The van der Waals surface area contributed by atoms with Gasteiger partial charge in [-0.15, -0.1) is 0 Å². The Morgan fingerprint density at radius 3 is 2.11 bits per heavy atom. The molecule has 0 aliphatic rings. The highest BCUT2D eigenvalue weighted by molar-refractivity contribution is 7.92. The van der Waals surface area contributed by atoms with Crippen LogP contribution in [0, 0.1) is 5.92 Å². The number of carbonyl (C=O) groups is 2. The number of nitrogens with zero attached hydrogens (tertiary/aromatic N) is 2. The highest BCUT2D eigenvalue weighted by Crippen LogP contribution is 2.32. The molecule has 0 radical (unpaired) electrons. The molecular weight excluding hydrogens is 638 g/mol. The number of hydrogen-bond donors (Lipinski definition) is 1. The predicted octanol–water partition coefficient (Wildman–Crippen LogP) is 5.96. The quantitative estimate of drug-likeness (QED) is 0.166. The van der Waals surface area contributed by atoms with Crippen molar-refractivity contribution in [2.75, 3.05) is 31.6 Å². The van der Waals surface area contributed by atoms with Crippen LogP contribution in [0.3, 0.4) is 0 Å². The molecule has 1 N–H and O–H groups in total. The Labute approximate surface area is 282 Å². The first-order valence-corrected chi connectivity index (χ1v) is 17.0. The minimum absolute atomic E-state index is 0.00500. The van der Waals surface area contributed by atoms with E-state index in [-0.39, 0.29) is 40.4 Å². The average Bonchev–Trinajstić information content (AvgIpc) is 3.08. The zero-order valence-electron chi connectivity index (χ0n) is 26.9. The highest BCUT2D eigenvalue weighted by atomic mass is 35.5. The first kappa shape index (κ1) is 35.3. The van der Waals surface area contributed by atoms with Gasteiger partial charge in [0.05, 0.1) is 29.8 Å². The second kappa shape index (κ2) is 16.3. The van der Waals surface area contributed by atoms with Crippen molar-refractivity contribution in [1.29, 1.82) is 0 Å². The third kappa shape index (κ3) is 9.27. The van der Waals surface area contributed by atoms with Crippen LogP contribution in [0.5, 0.6) is 11.5 Å². The van der Waals surface area contributed by atoms with Gasteiger partial charge in [-0.2, -0.15) is 0 Å². The van der Waals surface area contributed by atoms with Gasteiger partial charge in [-0.05, 0) is 59.5 Å². The average molecular weight is 678 g/mol. The molecule has 248 valence electrons. The van der Waals surface area contributed by atoms with Gasteiger partial charge >= 0.3 is 0 Å². The molecule has 47 heavy (non-hydrogen) atoms. The minimum atomic E-state index is -4.26. The lowest BCUT2D eigenvalue weighted by Crippen LogP contribution is -2.53. The van der Waals surface area contributed by atoms with Gasteiger partial charge in [-0.25, -0.2) is 8.42 Å². The molecule has 0 aliphatic heterocycles. The van der Waals surface area contributed by atoms with E-state index >= 15 is 0 Å². The second-order valence-corrected chi connectivity index (χ2v) is 13.6. The Hall–Kier alpha value is -4.54. The molecule has 0 bridgehead atoms. The zero-order chi connectivity index (χ0) is 34.0. The van der Waals surface area contributed by atoms with Crippen LogP contribution in [0.25, 0.3) is 0 Å². The summed E-state index contributed by atoms with van der Waals surface area (Å²) in [5, 5.41) is 3.16. The van der Waals surface area contributed by atoms with E-state index in [1.165, 1.54) is 36.3 Å². The second-order valence-electron chi connectivity index (χ2n) is 11.4. The summed E-state index contributed by atoms with van der Waals surface area (Å²) in [6, 6.07) is 28.0. The van der Waals surface area contributed by atoms with E-state index in [0.29, 0.717) is 23.6 Å². The molecule has 0 saturated carbocycles. The molecular formula is C36H40ClN3O6S. The maximum Gasteiger partial charge on any atom is 0.264 e. The van der Waals surface area contributed by atoms with Crippen molar-refractivity contribution in [1.82, 2.24) is 10.2 Å². The van der Waals surface area contributed by atoms with Crippen LogP contribution < -0.4 is 19.1 Å². The monoisotopic (exact) mass is 677 g/mol. The maximum absolute atomic E-state index is 14.6. The lowest BCUT2D eigenvalue weighted by atomic mass is 10.0. The molecule has 0 aromatic heterocycles. The molecule has 4 rings (SSSR count). The van der Waals surface area contributed by atoms with Crippen LogP contribution in [-0.4, -0.2) is 58.5 Å². The van der Waals surface area contributed by atoms with E-state index < -0.39 is 28.5 Å². The summed E-state index contributed by atoms with van der Waals surface area (Å²) in [4.78, 5) is 29.9. The van der Waals surface area contributed by atoms with Crippen LogP contribution in [0.4, 0.5) is 5.69 Å². The molecule has 4 aromatic carbocycles. The van der Waals surface area contributed by atoms with E-state index in [4.69, 9.17) is 21.1 Å². The van der Waals surface area contributed by atoms with Gasteiger partial charge in [-0.3, -0.25) is 13.9 Å². The van der Waals surface area contributed by atoms with Crippen molar-refractivity contribution in [2.24, 2.45) is 5.92 Å². The first-order valence-electron chi connectivity index (χ1n) is 15.2. The number of rotatable bonds is 15. The van der Waals surface area contributed by atoms with Crippen LogP contribution in [-0.2, 0) is 32.6 Å². The third-order valence-electron chi connectivity index (χ3n) is 7.48. The summed E-state index contributed by atoms with van der Waals surface area (Å²) < 4.78 is 40.0. The highest BCUT2D eigenvalue weighted by Gasteiger charge is 2.35. The smallest absolute Gasteiger partial charge is 0.264 e. The molecule has 0 fully saturated rings. The fraction of sp³-hybridized carbons (Fsp3) is 0.278. The number of methoxy groups -OCH3 is 2. The summed E-state index contributed by atoms with van der Waals surface area (Å²) in [7, 11) is -1.26.